The van der Waals surface area contributed by atoms with Gasteiger partial charge in [0.05, 0.1) is 6.04 Å². The molecule has 2 N–H and O–H groups in total. The lowest BCUT2D eigenvalue weighted by molar-refractivity contribution is 0.296. The van der Waals surface area contributed by atoms with E-state index in [4.69, 9.17) is 5.11 Å². The molecular weight excluding hydrogens is 310 g/mol. The third-order valence-corrected chi connectivity index (χ3v) is 5.07. The largest absolute Gasteiger partial charge is 0.396 e. The van der Waals surface area contributed by atoms with Gasteiger partial charge in [-0.05, 0) is 42.5 Å². The topological polar surface area (TPSA) is 32.3 Å². The van der Waals surface area contributed by atoms with Crippen LogP contribution in [0.3, 0.4) is 0 Å². The van der Waals surface area contributed by atoms with Crippen LogP contribution in [-0.4, -0.2) is 29.5 Å². The molecule has 1 atom stereocenters. The summed E-state index contributed by atoms with van der Waals surface area (Å²) in [6, 6.07) is 19.5. The number of aliphatic hydroxyl groups excluding tert-OH is 1. The summed E-state index contributed by atoms with van der Waals surface area (Å²) in [5.74, 6) is 2.00. The second-order valence-corrected chi connectivity index (χ2v) is 7.09. The Labute approximate surface area is 141 Å². The summed E-state index contributed by atoms with van der Waals surface area (Å²) in [6.07, 6.45) is 2.98. The molecule has 0 aliphatic carbocycles. The van der Waals surface area contributed by atoms with Gasteiger partial charge in [0.2, 0.25) is 0 Å². The van der Waals surface area contributed by atoms with E-state index < -0.39 is 0 Å². The smallest absolute Gasteiger partial charge is 0.0604 e. The first kappa shape index (κ1) is 17.3. The van der Waals surface area contributed by atoms with Gasteiger partial charge in [-0.25, -0.2) is 0 Å². The Morgan fingerprint density at radius 2 is 1.77 bits per heavy atom. The molecule has 0 amide bonds. The number of rotatable bonds is 9. The number of benzene rings is 2. The van der Waals surface area contributed by atoms with Gasteiger partial charge in [0, 0.05) is 28.7 Å². The van der Waals surface area contributed by atoms with E-state index in [1.54, 1.807) is 11.8 Å². The average molecular weight is 334 g/mol. The predicted molar refractivity (Wildman–Crippen MR) is 100 cm³/mol. The molecular formula is C18H23NOS2. The van der Waals surface area contributed by atoms with Gasteiger partial charge in [-0.3, -0.25) is 0 Å². The highest BCUT2D eigenvalue weighted by atomic mass is 32.2. The summed E-state index contributed by atoms with van der Waals surface area (Å²) in [7, 11) is 0. The van der Waals surface area contributed by atoms with Crippen molar-refractivity contribution in [1.82, 2.24) is 0 Å². The Bertz CT molecular complexity index is 531. The minimum Gasteiger partial charge on any atom is -0.396 e. The molecule has 1 unspecified atom stereocenters. The molecule has 0 spiro atoms. The summed E-state index contributed by atoms with van der Waals surface area (Å²) in [5.41, 5.74) is 2.47. The molecule has 0 aromatic heterocycles. The maximum Gasteiger partial charge on any atom is 0.0604 e. The number of anilines is 1. The van der Waals surface area contributed by atoms with E-state index in [1.165, 1.54) is 10.5 Å². The molecule has 0 fully saturated rings. The van der Waals surface area contributed by atoms with Crippen LogP contribution in [0.4, 0.5) is 5.69 Å². The van der Waals surface area contributed by atoms with Crippen molar-refractivity contribution in [3.05, 3.63) is 60.2 Å². The second-order valence-electron chi connectivity index (χ2n) is 5.01. The van der Waals surface area contributed by atoms with E-state index in [2.05, 4.69) is 66.2 Å². The van der Waals surface area contributed by atoms with Gasteiger partial charge < -0.3 is 10.4 Å². The zero-order valence-corrected chi connectivity index (χ0v) is 14.5. The average Bonchev–Trinajstić information content (AvgIpc) is 2.57. The van der Waals surface area contributed by atoms with Crippen LogP contribution in [0.2, 0.25) is 0 Å². The van der Waals surface area contributed by atoms with Crippen molar-refractivity contribution in [2.24, 2.45) is 0 Å². The number of thioether (sulfide) groups is 2. The maximum absolute atomic E-state index is 8.82. The fraction of sp³-hybridized carbons (Fsp3) is 0.333. The first-order valence-electron chi connectivity index (χ1n) is 7.47. The van der Waals surface area contributed by atoms with Crippen LogP contribution in [0, 0.1) is 0 Å². The van der Waals surface area contributed by atoms with Crippen LogP contribution in [0.1, 0.15) is 18.0 Å². The normalized spacial score (nSPS) is 12.1. The maximum atomic E-state index is 8.82. The number of aliphatic hydroxyl groups is 1. The summed E-state index contributed by atoms with van der Waals surface area (Å²) in [5, 5.41) is 12.4. The zero-order valence-electron chi connectivity index (χ0n) is 12.9. The van der Waals surface area contributed by atoms with E-state index >= 15 is 0 Å². The van der Waals surface area contributed by atoms with Crippen molar-refractivity contribution >= 4 is 29.2 Å². The molecule has 0 radical (unpaired) electrons. The van der Waals surface area contributed by atoms with E-state index in [-0.39, 0.29) is 6.61 Å². The molecule has 4 heteroatoms. The molecule has 2 aromatic rings. The predicted octanol–water partition coefficient (Wildman–Crippen LogP) is 4.68. The van der Waals surface area contributed by atoms with E-state index in [9.17, 15) is 0 Å². The molecule has 0 aliphatic heterocycles. The molecule has 0 saturated carbocycles. The van der Waals surface area contributed by atoms with Crippen LogP contribution in [0.5, 0.6) is 0 Å². The van der Waals surface area contributed by atoms with E-state index in [1.807, 2.05) is 11.8 Å². The molecule has 0 bridgehead atoms. The summed E-state index contributed by atoms with van der Waals surface area (Å²) in [6.45, 7) is 0.264. The Morgan fingerprint density at radius 3 is 2.41 bits per heavy atom. The van der Waals surface area contributed by atoms with Crippen LogP contribution < -0.4 is 5.32 Å². The molecule has 118 valence electrons. The molecule has 0 heterocycles. The summed E-state index contributed by atoms with van der Waals surface area (Å²) < 4.78 is 0. The number of hydrogen-bond donors (Lipinski definition) is 2. The first-order valence-corrected chi connectivity index (χ1v) is 9.85. The van der Waals surface area contributed by atoms with Crippen molar-refractivity contribution in [1.29, 1.82) is 0 Å². The molecule has 0 saturated heterocycles. The minimum atomic E-state index is 0.264. The third-order valence-electron chi connectivity index (χ3n) is 3.30. The van der Waals surface area contributed by atoms with Gasteiger partial charge in [0.15, 0.2) is 0 Å². The van der Waals surface area contributed by atoms with Crippen molar-refractivity contribution in [3.63, 3.8) is 0 Å². The highest BCUT2D eigenvalue weighted by Crippen LogP contribution is 2.25. The Balaban J connectivity index is 1.98. The van der Waals surface area contributed by atoms with Gasteiger partial charge in [0.25, 0.3) is 0 Å². The lowest BCUT2D eigenvalue weighted by Gasteiger charge is -2.19. The van der Waals surface area contributed by atoms with E-state index in [0.717, 1.165) is 23.6 Å². The Hall–Kier alpha value is -1.10. The molecule has 2 nitrogen and oxygen atoms in total. The van der Waals surface area contributed by atoms with Crippen LogP contribution in [0.15, 0.2) is 59.5 Å². The monoisotopic (exact) mass is 333 g/mol. The molecule has 2 aromatic carbocycles. The fourth-order valence-electron chi connectivity index (χ4n) is 2.18. The van der Waals surface area contributed by atoms with Gasteiger partial charge in [0.1, 0.15) is 0 Å². The van der Waals surface area contributed by atoms with Gasteiger partial charge >= 0.3 is 0 Å². The lowest BCUT2D eigenvalue weighted by atomic mass is 10.1. The molecule has 2 rings (SSSR count). The standard InChI is InChI=1S/C18H23NOS2/c1-21-14-18(15-6-3-2-4-7-15)19-16-8-10-17(11-9-16)22-13-5-12-20/h2-4,6-11,18-20H,5,12-14H2,1H3. The van der Waals surface area contributed by atoms with Crippen LogP contribution in [0.25, 0.3) is 0 Å². The Kier molecular flexibility index (Phi) is 7.71. The first-order chi connectivity index (χ1) is 10.8. The van der Waals surface area contributed by atoms with Crippen molar-refractivity contribution < 1.29 is 5.11 Å². The zero-order chi connectivity index (χ0) is 15.6. The minimum absolute atomic E-state index is 0.264. The van der Waals surface area contributed by atoms with Gasteiger partial charge in [-0.1, -0.05) is 30.3 Å². The number of nitrogens with one attached hydrogen (secondary N) is 1. The quantitative estimate of drug-likeness (QED) is 0.515. The van der Waals surface area contributed by atoms with E-state index in [0.29, 0.717) is 6.04 Å². The van der Waals surface area contributed by atoms with Crippen molar-refractivity contribution in [2.45, 2.75) is 17.4 Å². The number of hydrogen-bond acceptors (Lipinski definition) is 4. The highest BCUT2D eigenvalue weighted by molar-refractivity contribution is 7.99. The highest BCUT2D eigenvalue weighted by Gasteiger charge is 2.10. The van der Waals surface area contributed by atoms with Crippen LogP contribution in [-0.2, 0) is 0 Å². The second kappa shape index (κ2) is 9.82. The SMILES string of the molecule is CSCC(Nc1ccc(SCCCO)cc1)c1ccccc1. The van der Waals surface area contributed by atoms with Crippen molar-refractivity contribution in [2.75, 3.05) is 29.7 Å². The van der Waals surface area contributed by atoms with Crippen molar-refractivity contribution in [3.8, 4) is 0 Å². The van der Waals surface area contributed by atoms with Gasteiger partial charge in [-0.15, -0.1) is 11.8 Å². The summed E-state index contributed by atoms with van der Waals surface area (Å²) >= 11 is 3.64. The van der Waals surface area contributed by atoms with Crippen LogP contribution >= 0.6 is 23.5 Å². The van der Waals surface area contributed by atoms with Gasteiger partial charge in [-0.2, -0.15) is 11.8 Å². The molecule has 0 aliphatic rings. The Morgan fingerprint density at radius 1 is 1.05 bits per heavy atom. The fourth-order valence-corrected chi connectivity index (χ4v) is 3.62. The lowest BCUT2D eigenvalue weighted by Crippen LogP contribution is -2.13. The summed E-state index contributed by atoms with van der Waals surface area (Å²) in [4.78, 5) is 1.25. The molecule has 22 heavy (non-hydrogen) atoms. The third kappa shape index (κ3) is 5.59.